The number of carbonyl (C=O) groups excluding carboxylic acids is 3. The first-order valence-electron chi connectivity index (χ1n) is 11.9. The van der Waals surface area contributed by atoms with E-state index in [2.05, 4.69) is 22.5 Å². The topological polar surface area (TPSA) is 87.2 Å². The predicted octanol–water partition coefficient (Wildman–Crippen LogP) is 3.66. The van der Waals surface area contributed by atoms with E-state index in [4.69, 9.17) is 16.3 Å². The number of ether oxygens (including phenoxy) is 1. The lowest BCUT2D eigenvalue weighted by Gasteiger charge is -2.37. The quantitative estimate of drug-likeness (QED) is 0.195. The van der Waals surface area contributed by atoms with Gasteiger partial charge in [-0.15, -0.1) is 18.3 Å². The molecule has 190 valence electrons. The summed E-state index contributed by atoms with van der Waals surface area (Å²) in [6.07, 6.45) is 3.34. The average molecular weight is 586 g/mol. The number of thioether (sulfide) groups is 1. The second kappa shape index (κ2) is 10.8. The lowest BCUT2D eigenvalue weighted by molar-refractivity contribution is -0.153. The Hall–Kier alpha value is -1.55. The summed E-state index contributed by atoms with van der Waals surface area (Å²) in [6, 6.07) is 6.26. The summed E-state index contributed by atoms with van der Waals surface area (Å²) >= 11 is 11.4. The van der Waals surface area contributed by atoms with Gasteiger partial charge in [0.2, 0.25) is 5.91 Å². The highest BCUT2D eigenvalue weighted by atomic mass is 79.9. The van der Waals surface area contributed by atoms with Crippen LogP contribution in [0.4, 0.5) is 5.69 Å². The Morgan fingerprint density at radius 2 is 2.09 bits per heavy atom. The maximum Gasteiger partial charge on any atom is 0.310 e. The molecule has 35 heavy (non-hydrogen) atoms. The third kappa shape index (κ3) is 4.54. The summed E-state index contributed by atoms with van der Waals surface area (Å²) in [6.45, 7) is 6.43. The fraction of sp³-hybridized carbons (Fsp3) is 0.560. The Labute approximate surface area is 223 Å². The van der Waals surface area contributed by atoms with Crippen molar-refractivity contribution in [3.8, 4) is 0 Å². The summed E-state index contributed by atoms with van der Waals surface area (Å²) in [5.74, 6) is -1.98. The number of amides is 2. The van der Waals surface area contributed by atoms with Crippen LogP contribution in [0.25, 0.3) is 0 Å². The van der Waals surface area contributed by atoms with Gasteiger partial charge in [-0.2, -0.15) is 0 Å². The number of benzene rings is 1. The van der Waals surface area contributed by atoms with Gasteiger partial charge < -0.3 is 19.6 Å². The number of alkyl halides is 1. The zero-order chi connectivity index (χ0) is 25.3. The van der Waals surface area contributed by atoms with Crippen LogP contribution >= 0.6 is 39.3 Å². The number of nitrogens with zero attached hydrogens (tertiary/aromatic N) is 2. The zero-order valence-electron chi connectivity index (χ0n) is 19.6. The van der Waals surface area contributed by atoms with E-state index in [0.717, 1.165) is 0 Å². The van der Waals surface area contributed by atoms with Crippen LogP contribution in [0, 0.1) is 11.8 Å². The molecule has 3 aliphatic rings. The number of esters is 1. The van der Waals surface area contributed by atoms with Gasteiger partial charge in [0.05, 0.1) is 23.2 Å². The molecule has 7 nitrogen and oxygen atoms in total. The number of likely N-dealkylation sites (tertiary alicyclic amines) is 1. The highest BCUT2D eigenvalue weighted by molar-refractivity contribution is 9.09. The largest absolute Gasteiger partial charge is 0.466 e. The molecule has 1 aromatic carbocycles. The Kier molecular flexibility index (Phi) is 8.20. The molecule has 3 unspecified atom stereocenters. The van der Waals surface area contributed by atoms with Gasteiger partial charge in [-0.25, -0.2) is 0 Å². The van der Waals surface area contributed by atoms with Crippen LogP contribution in [-0.4, -0.2) is 75.0 Å². The van der Waals surface area contributed by atoms with Gasteiger partial charge in [0.1, 0.15) is 6.04 Å². The molecule has 2 amide bonds. The van der Waals surface area contributed by atoms with Crippen LogP contribution in [0.5, 0.6) is 0 Å². The molecular formula is C25H30BrClN2O5S. The zero-order valence-corrected chi connectivity index (χ0v) is 22.7. The number of hydrogen-bond donors (Lipinski definition) is 1. The second-order valence-electron chi connectivity index (χ2n) is 9.09. The second-order valence-corrected chi connectivity index (χ2v) is 12.2. The van der Waals surface area contributed by atoms with Gasteiger partial charge >= 0.3 is 5.97 Å². The minimum atomic E-state index is -0.746. The fourth-order valence-corrected chi connectivity index (χ4v) is 9.49. The van der Waals surface area contributed by atoms with Crippen molar-refractivity contribution in [2.45, 2.75) is 47.1 Å². The van der Waals surface area contributed by atoms with E-state index >= 15 is 0 Å². The van der Waals surface area contributed by atoms with Gasteiger partial charge in [-0.1, -0.05) is 33.6 Å². The molecule has 3 saturated heterocycles. The van der Waals surface area contributed by atoms with E-state index in [1.807, 2.05) is 0 Å². The summed E-state index contributed by atoms with van der Waals surface area (Å²) in [4.78, 5) is 44.5. The molecule has 3 heterocycles. The van der Waals surface area contributed by atoms with Crippen molar-refractivity contribution < 1.29 is 24.2 Å². The first-order valence-corrected chi connectivity index (χ1v) is 14.1. The van der Waals surface area contributed by atoms with E-state index in [9.17, 15) is 19.5 Å². The maximum atomic E-state index is 14.3. The van der Waals surface area contributed by atoms with Crippen molar-refractivity contribution in [2.24, 2.45) is 11.8 Å². The molecule has 1 N–H and O–H groups in total. The minimum absolute atomic E-state index is 0.00826. The van der Waals surface area contributed by atoms with Crippen molar-refractivity contribution >= 4 is 62.8 Å². The molecule has 1 spiro atoms. The molecule has 0 aliphatic carbocycles. The van der Waals surface area contributed by atoms with Crippen LogP contribution in [0.3, 0.4) is 0 Å². The third-order valence-electron chi connectivity index (χ3n) is 7.10. The molecule has 4 rings (SSSR count). The Morgan fingerprint density at radius 1 is 1.37 bits per heavy atom. The van der Waals surface area contributed by atoms with Crippen LogP contribution in [-0.2, 0) is 19.1 Å². The summed E-state index contributed by atoms with van der Waals surface area (Å²) in [5, 5.41) is 9.73. The molecular weight excluding hydrogens is 556 g/mol. The standard InChI is InChI=1S/C25H30BrClN2O5S/c1-3-11-28(16-9-7-15(27)8-10-16)23(32)21-25-14-17(26)20(35-25)18(24(33)34-4-2)19(25)22(31)29(21)12-5-6-13-30/h3,7-10,17-21,30H,1,4-6,11-14H2,2H3/t17?,18-,19-,20-,21?,25?/m0/s1. The number of unbranched alkanes of at least 4 members (excludes halogenated alkanes) is 1. The van der Waals surface area contributed by atoms with Crippen molar-refractivity contribution in [3.63, 3.8) is 0 Å². The van der Waals surface area contributed by atoms with Crippen LogP contribution < -0.4 is 4.90 Å². The molecule has 0 saturated carbocycles. The lowest BCUT2D eigenvalue weighted by atomic mass is 9.71. The molecule has 3 aliphatic heterocycles. The van der Waals surface area contributed by atoms with Gasteiger partial charge in [-0.05, 0) is 50.5 Å². The molecule has 10 heteroatoms. The van der Waals surface area contributed by atoms with E-state index in [0.29, 0.717) is 36.5 Å². The van der Waals surface area contributed by atoms with Crippen molar-refractivity contribution in [2.75, 3.05) is 31.2 Å². The van der Waals surface area contributed by atoms with Gasteiger partial charge in [-0.3, -0.25) is 14.4 Å². The average Bonchev–Trinajstić information content (AvgIpc) is 3.42. The van der Waals surface area contributed by atoms with Crippen molar-refractivity contribution in [3.05, 3.63) is 41.9 Å². The maximum absolute atomic E-state index is 14.3. The molecule has 0 radical (unpaired) electrons. The first-order chi connectivity index (χ1) is 16.8. The number of fused-ring (bicyclic) bond motifs is 1. The number of anilines is 1. The number of aliphatic hydroxyl groups is 1. The summed E-state index contributed by atoms with van der Waals surface area (Å²) in [5.41, 5.74) is 0.664. The number of hydrogen-bond acceptors (Lipinski definition) is 6. The summed E-state index contributed by atoms with van der Waals surface area (Å²) < 4.78 is 4.64. The molecule has 2 bridgehead atoms. The lowest BCUT2D eigenvalue weighted by Crippen LogP contribution is -2.55. The number of halogens is 2. The normalized spacial score (nSPS) is 30.9. The van der Waals surface area contributed by atoms with Crippen LogP contribution in [0.2, 0.25) is 5.02 Å². The monoisotopic (exact) mass is 584 g/mol. The highest BCUT2D eigenvalue weighted by Crippen LogP contribution is 2.68. The Balaban J connectivity index is 1.77. The van der Waals surface area contributed by atoms with Crippen LogP contribution in [0.1, 0.15) is 26.2 Å². The van der Waals surface area contributed by atoms with E-state index in [1.165, 1.54) is 0 Å². The number of rotatable bonds is 10. The number of aliphatic hydroxyl groups excluding tert-OH is 1. The van der Waals surface area contributed by atoms with Crippen molar-refractivity contribution in [1.29, 1.82) is 0 Å². The predicted molar refractivity (Wildman–Crippen MR) is 141 cm³/mol. The molecule has 1 aromatic rings. The van der Waals surface area contributed by atoms with E-state index < -0.39 is 22.6 Å². The molecule has 0 aromatic heterocycles. The van der Waals surface area contributed by atoms with E-state index in [-0.39, 0.29) is 47.6 Å². The first kappa shape index (κ1) is 26.5. The van der Waals surface area contributed by atoms with Gasteiger partial charge in [0.25, 0.3) is 5.91 Å². The molecule has 3 fully saturated rings. The van der Waals surface area contributed by atoms with Crippen LogP contribution in [0.15, 0.2) is 36.9 Å². The van der Waals surface area contributed by atoms with Crippen molar-refractivity contribution in [1.82, 2.24) is 4.90 Å². The summed E-state index contributed by atoms with van der Waals surface area (Å²) in [7, 11) is 0. The highest BCUT2D eigenvalue weighted by Gasteiger charge is 2.76. The Bertz CT molecular complexity index is 995. The van der Waals surface area contributed by atoms with E-state index in [1.54, 1.807) is 58.8 Å². The SMILES string of the molecule is C=CCN(C(=O)C1N(CCCCO)C(=O)[C@@H]2[C@H](C(=O)OCC)[C@H]3SC12CC3Br)c1ccc(Cl)cc1. The van der Waals surface area contributed by atoms with Gasteiger partial charge in [0.15, 0.2) is 0 Å². The smallest absolute Gasteiger partial charge is 0.310 e. The molecule has 6 atom stereocenters. The Morgan fingerprint density at radius 3 is 2.71 bits per heavy atom. The van der Waals surface area contributed by atoms with Gasteiger partial charge in [0, 0.05) is 40.5 Å². The fourth-order valence-electron chi connectivity index (χ4n) is 5.77. The third-order valence-corrected chi connectivity index (χ3v) is 10.6. The number of carbonyl (C=O) groups is 3. The minimum Gasteiger partial charge on any atom is -0.466 e.